The Hall–Kier alpha value is -2.16. The fourth-order valence-corrected chi connectivity index (χ4v) is 4.85. The molecule has 1 unspecified atom stereocenters. The van der Waals surface area contributed by atoms with Gasteiger partial charge in [0.05, 0.1) is 6.04 Å². The molecule has 0 amide bonds. The van der Waals surface area contributed by atoms with Crippen LogP contribution in [0.3, 0.4) is 0 Å². The number of hydrogen-bond donors (Lipinski definition) is 1. The fraction of sp³-hybridized carbons (Fsp3) is 0.353. The van der Waals surface area contributed by atoms with Gasteiger partial charge in [0.1, 0.15) is 10.7 Å². The summed E-state index contributed by atoms with van der Waals surface area (Å²) < 4.78 is 32.9. The van der Waals surface area contributed by atoms with Crippen molar-refractivity contribution in [3.63, 3.8) is 0 Å². The first-order valence-electron chi connectivity index (χ1n) is 7.90. The smallest absolute Gasteiger partial charge is 0.371 e. The number of furan rings is 1. The summed E-state index contributed by atoms with van der Waals surface area (Å²) in [5.74, 6) is -1.58. The molecule has 1 saturated heterocycles. The number of aromatic carboxylic acids is 1. The molecule has 1 atom stereocenters. The number of sulfonamides is 1. The third-order valence-electron chi connectivity index (χ3n) is 4.39. The van der Waals surface area contributed by atoms with Crippen molar-refractivity contribution >= 4 is 16.0 Å². The number of likely N-dealkylation sites (N-methyl/N-ethyl adjacent to an activating group) is 1. The van der Waals surface area contributed by atoms with Gasteiger partial charge in [-0.1, -0.05) is 30.3 Å². The average Bonchev–Trinajstić information content (AvgIpc) is 2.98. The van der Waals surface area contributed by atoms with Crippen LogP contribution in [0, 0.1) is 6.92 Å². The minimum atomic E-state index is -3.88. The van der Waals surface area contributed by atoms with Crippen molar-refractivity contribution in [2.24, 2.45) is 0 Å². The number of carboxylic acids is 1. The van der Waals surface area contributed by atoms with Crippen LogP contribution in [0.4, 0.5) is 0 Å². The normalized spacial score (nSPS) is 19.8. The van der Waals surface area contributed by atoms with Gasteiger partial charge in [-0.2, -0.15) is 4.31 Å². The zero-order valence-electron chi connectivity index (χ0n) is 14.0. The number of hydrogen-bond acceptors (Lipinski definition) is 5. The van der Waals surface area contributed by atoms with E-state index in [1.165, 1.54) is 11.2 Å². The highest BCUT2D eigenvalue weighted by Gasteiger charge is 2.38. The highest BCUT2D eigenvalue weighted by molar-refractivity contribution is 7.89. The van der Waals surface area contributed by atoms with E-state index in [2.05, 4.69) is 4.90 Å². The fourth-order valence-electron chi connectivity index (χ4n) is 3.09. The molecular weight excluding hydrogens is 344 g/mol. The van der Waals surface area contributed by atoms with Crippen LogP contribution in [-0.4, -0.2) is 55.4 Å². The molecule has 1 aliphatic rings. The maximum absolute atomic E-state index is 13.2. The predicted molar refractivity (Wildman–Crippen MR) is 91.0 cm³/mol. The Bertz CT molecular complexity index is 876. The van der Waals surface area contributed by atoms with Crippen LogP contribution in [0.5, 0.6) is 0 Å². The van der Waals surface area contributed by atoms with Gasteiger partial charge in [-0.25, -0.2) is 13.2 Å². The molecule has 0 radical (unpaired) electrons. The summed E-state index contributed by atoms with van der Waals surface area (Å²) >= 11 is 0. The predicted octanol–water partition coefficient (Wildman–Crippen LogP) is 1.96. The van der Waals surface area contributed by atoms with E-state index < -0.39 is 16.0 Å². The summed E-state index contributed by atoms with van der Waals surface area (Å²) in [5.41, 5.74) is 0.900. The molecule has 2 heterocycles. The molecule has 1 aromatic carbocycles. The van der Waals surface area contributed by atoms with Gasteiger partial charge in [-0.05, 0) is 19.5 Å². The van der Waals surface area contributed by atoms with E-state index in [1.807, 2.05) is 37.4 Å². The van der Waals surface area contributed by atoms with Crippen molar-refractivity contribution in [3.05, 3.63) is 53.5 Å². The molecule has 0 bridgehead atoms. The van der Waals surface area contributed by atoms with Crippen molar-refractivity contribution in [3.8, 4) is 0 Å². The number of benzene rings is 1. The second kappa shape index (κ2) is 6.62. The summed E-state index contributed by atoms with van der Waals surface area (Å²) in [4.78, 5) is 13.1. The highest BCUT2D eigenvalue weighted by atomic mass is 32.2. The zero-order valence-corrected chi connectivity index (χ0v) is 14.9. The molecule has 8 heteroatoms. The second-order valence-electron chi connectivity index (χ2n) is 6.14. The van der Waals surface area contributed by atoms with Gasteiger partial charge in [0.25, 0.3) is 0 Å². The molecule has 1 N–H and O–H groups in total. The third kappa shape index (κ3) is 3.33. The minimum Gasteiger partial charge on any atom is -0.475 e. The molecular formula is C17H20N2O5S. The summed E-state index contributed by atoms with van der Waals surface area (Å²) in [5, 5.41) is 9.05. The van der Waals surface area contributed by atoms with E-state index in [0.717, 1.165) is 11.6 Å². The van der Waals surface area contributed by atoms with Crippen LogP contribution in [0.2, 0.25) is 0 Å². The SMILES string of the molecule is Cc1oc(C(=O)O)cc1S(=O)(=O)N1CCN(C)CC1c1ccccc1. The van der Waals surface area contributed by atoms with Crippen molar-refractivity contribution in [2.75, 3.05) is 26.7 Å². The molecule has 1 fully saturated rings. The van der Waals surface area contributed by atoms with Crippen LogP contribution >= 0.6 is 0 Å². The van der Waals surface area contributed by atoms with Crippen molar-refractivity contribution in [1.29, 1.82) is 0 Å². The molecule has 1 aromatic heterocycles. The molecule has 0 spiro atoms. The van der Waals surface area contributed by atoms with E-state index in [-0.39, 0.29) is 22.5 Å². The number of carbonyl (C=O) groups is 1. The van der Waals surface area contributed by atoms with Crippen molar-refractivity contribution in [2.45, 2.75) is 17.9 Å². The topological polar surface area (TPSA) is 91.1 Å². The largest absolute Gasteiger partial charge is 0.475 e. The maximum atomic E-state index is 13.2. The van der Waals surface area contributed by atoms with E-state index in [4.69, 9.17) is 9.52 Å². The van der Waals surface area contributed by atoms with E-state index in [0.29, 0.717) is 19.6 Å². The van der Waals surface area contributed by atoms with Crippen LogP contribution in [0.25, 0.3) is 0 Å². The Balaban J connectivity index is 2.03. The average molecular weight is 364 g/mol. The Morgan fingerprint density at radius 1 is 1.24 bits per heavy atom. The van der Waals surface area contributed by atoms with Gasteiger partial charge in [0.2, 0.25) is 15.8 Å². The van der Waals surface area contributed by atoms with Gasteiger partial charge < -0.3 is 14.4 Å². The molecule has 0 saturated carbocycles. The van der Waals surface area contributed by atoms with Crippen LogP contribution in [-0.2, 0) is 10.0 Å². The quantitative estimate of drug-likeness (QED) is 0.892. The highest BCUT2D eigenvalue weighted by Crippen LogP contribution is 2.33. The zero-order chi connectivity index (χ0) is 18.2. The van der Waals surface area contributed by atoms with E-state index in [9.17, 15) is 13.2 Å². The number of aryl methyl sites for hydroxylation is 1. The minimum absolute atomic E-state index is 0.0862. The van der Waals surface area contributed by atoms with E-state index in [1.54, 1.807) is 0 Å². The Morgan fingerprint density at radius 3 is 2.52 bits per heavy atom. The van der Waals surface area contributed by atoms with Gasteiger partial charge in [-0.3, -0.25) is 0 Å². The number of carboxylic acid groups (broad SMARTS) is 1. The van der Waals surface area contributed by atoms with Crippen LogP contribution in [0.1, 0.15) is 27.9 Å². The van der Waals surface area contributed by atoms with Crippen molar-refractivity contribution in [1.82, 2.24) is 9.21 Å². The first-order chi connectivity index (χ1) is 11.8. The second-order valence-corrected chi connectivity index (χ2v) is 8.00. The van der Waals surface area contributed by atoms with E-state index >= 15 is 0 Å². The molecule has 0 aliphatic carbocycles. The standard InChI is InChI=1S/C17H20N2O5S/c1-12-16(10-15(24-12)17(20)21)25(22,23)19-9-8-18(2)11-14(19)13-6-4-3-5-7-13/h3-7,10,14H,8-9,11H2,1-2H3,(H,20,21). The summed E-state index contributed by atoms with van der Waals surface area (Å²) in [6, 6.07) is 10.2. The number of nitrogens with zero attached hydrogens (tertiary/aromatic N) is 2. The van der Waals surface area contributed by atoms with Gasteiger partial charge >= 0.3 is 5.97 Å². The first-order valence-corrected chi connectivity index (χ1v) is 9.34. The maximum Gasteiger partial charge on any atom is 0.371 e. The first kappa shape index (κ1) is 17.7. The lowest BCUT2D eigenvalue weighted by atomic mass is 10.1. The van der Waals surface area contributed by atoms with Crippen LogP contribution < -0.4 is 0 Å². The monoisotopic (exact) mass is 364 g/mol. The molecule has 1 aliphatic heterocycles. The molecule has 7 nitrogen and oxygen atoms in total. The van der Waals surface area contributed by atoms with Crippen LogP contribution in [0.15, 0.2) is 45.7 Å². The lowest BCUT2D eigenvalue weighted by Gasteiger charge is -2.39. The summed E-state index contributed by atoms with van der Waals surface area (Å²) in [6.45, 7) is 2.95. The molecule has 134 valence electrons. The summed E-state index contributed by atoms with van der Waals surface area (Å²) in [6.07, 6.45) is 0. The van der Waals surface area contributed by atoms with Crippen molar-refractivity contribution < 1.29 is 22.7 Å². The Morgan fingerprint density at radius 2 is 1.92 bits per heavy atom. The molecule has 3 rings (SSSR count). The summed E-state index contributed by atoms with van der Waals surface area (Å²) in [7, 11) is -1.93. The third-order valence-corrected chi connectivity index (χ3v) is 6.40. The van der Waals surface area contributed by atoms with Gasteiger partial charge in [0, 0.05) is 25.7 Å². The lowest BCUT2D eigenvalue weighted by molar-refractivity contribution is 0.0661. The van der Waals surface area contributed by atoms with Gasteiger partial charge in [-0.15, -0.1) is 0 Å². The Kier molecular flexibility index (Phi) is 4.68. The number of piperazine rings is 1. The van der Waals surface area contributed by atoms with Gasteiger partial charge in [0.15, 0.2) is 0 Å². The Labute approximate surface area is 146 Å². The molecule has 25 heavy (non-hydrogen) atoms. The number of rotatable bonds is 4. The lowest BCUT2D eigenvalue weighted by Crippen LogP contribution is -2.49. The molecule has 2 aromatic rings.